The first kappa shape index (κ1) is 21.0. The maximum Gasteiger partial charge on any atom is 0.379 e. The van der Waals surface area contributed by atoms with Crippen molar-refractivity contribution in [2.45, 2.75) is 6.42 Å². The van der Waals surface area contributed by atoms with E-state index in [2.05, 4.69) is 10.1 Å². The van der Waals surface area contributed by atoms with E-state index in [0.29, 0.717) is 4.90 Å². The molecule has 1 unspecified atom stereocenters. The molecule has 0 aliphatic carbocycles. The van der Waals surface area contributed by atoms with Gasteiger partial charge in [0.15, 0.2) is 16.6 Å². The quantitative estimate of drug-likeness (QED) is 0.0748. The third kappa shape index (κ3) is 4.50. The highest BCUT2D eigenvalue weighted by Crippen LogP contribution is 2.15. The number of ketones is 2. The van der Waals surface area contributed by atoms with E-state index in [9.17, 15) is 29.2 Å². The number of quaternary nitrogens is 1. The van der Waals surface area contributed by atoms with Gasteiger partial charge in [-0.2, -0.15) is 5.23 Å². The van der Waals surface area contributed by atoms with Crippen molar-refractivity contribution >= 4 is 52.4 Å². The average molecular weight is 407 g/mol. The maximum absolute atomic E-state index is 12.7. The molecule has 0 aromatic heterocycles. The molecule has 0 radical (unpaired) electrons. The van der Waals surface area contributed by atoms with Crippen LogP contribution in [0.1, 0.15) is 16.8 Å². The minimum Gasteiger partial charge on any atom is -0.595 e. The molecule has 1 heterocycles. The van der Waals surface area contributed by atoms with Gasteiger partial charge >= 0.3 is 5.97 Å². The summed E-state index contributed by atoms with van der Waals surface area (Å²) in [5, 5.41) is 20.4. The average Bonchev–Trinajstić information content (AvgIpc) is 2.65. The molecular weight excluding hydrogens is 394 g/mol. The predicted octanol–water partition coefficient (Wildman–Crippen LogP) is -1.47. The second kappa shape index (κ2) is 8.58. The van der Waals surface area contributed by atoms with Gasteiger partial charge in [0.05, 0.1) is 12.7 Å². The largest absolute Gasteiger partial charge is 0.595 e. The Morgan fingerprint density at radius 1 is 1.29 bits per heavy atom. The van der Waals surface area contributed by atoms with Crippen molar-refractivity contribution in [3.05, 3.63) is 46.8 Å². The summed E-state index contributed by atoms with van der Waals surface area (Å²) in [6, 6.07) is 4.55. The molecule has 0 bridgehead atoms. The van der Waals surface area contributed by atoms with Crippen molar-refractivity contribution < 1.29 is 39.1 Å². The number of esters is 1. The van der Waals surface area contributed by atoms with Crippen LogP contribution in [0.15, 0.2) is 36.0 Å². The molecule has 3 N–H and O–H groups in total. The fraction of sp³-hybridized carbons (Fsp3) is 0.125. The molecule has 1 atom stereocenters. The summed E-state index contributed by atoms with van der Waals surface area (Å²) in [4.78, 5) is 60.7. The number of nitrogens with one attached hydrogen (secondary N) is 2. The normalized spacial score (nSPS) is 15.8. The molecule has 0 spiro atoms. The lowest BCUT2D eigenvalue weighted by molar-refractivity contribution is -0.991. The van der Waals surface area contributed by atoms with Gasteiger partial charge in [0.2, 0.25) is 11.8 Å². The summed E-state index contributed by atoms with van der Waals surface area (Å²) in [6.45, 7) is 0. The molecule has 1 saturated heterocycles. The van der Waals surface area contributed by atoms with Crippen molar-refractivity contribution in [1.29, 1.82) is 0 Å². The molecule has 1 fully saturated rings. The number of nitrogens with zero attached hydrogens (tertiary/aromatic N) is 1. The third-order valence-electron chi connectivity index (χ3n) is 3.56. The number of hydrogen-bond donors (Lipinski definition) is 3. The summed E-state index contributed by atoms with van der Waals surface area (Å²) in [7, 11) is 0.931. The second-order valence-electron chi connectivity index (χ2n) is 5.37. The number of ether oxygens (including phenoxy) is 1. The van der Waals surface area contributed by atoms with E-state index in [4.69, 9.17) is 17.4 Å². The van der Waals surface area contributed by atoms with Gasteiger partial charge < -0.3 is 15.3 Å². The van der Waals surface area contributed by atoms with Crippen LogP contribution in [0.25, 0.3) is 0 Å². The van der Waals surface area contributed by atoms with Crippen LogP contribution in [-0.4, -0.2) is 51.7 Å². The van der Waals surface area contributed by atoms with E-state index < -0.39 is 46.6 Å². The molecule has 0 saturated carbocycles. The zero-order chi connectivity index (χ0) is 21.0. The topological polar surface area (TPSA) is 158 Å². The van der Waals surface area contributed by atoms with E-state index in [1.807, 2.05) is 0 Å². The molecule has 1 aromatic rings. The SMILES string of the molecule is COC(=O)C(=O)/C(=C/N1C(=O)CC(=O)NC1=S)C(=O)c1ccc([NH+]([O-])O)cc1. The van der Waals surface area contributed by atoms with Gasteiger partial charge in [-0.05, 0) is 24.4 Å². The highest BCUT2D eigenvalue weighted by Gasteiger charge is 2.32. The van der Waals surface area contributed by atoms with Gasteiger partial charge in [0, 0.05) is 23.9 Å². The van der Waals surface area contributed by atoms with Crippen LogP contribution in [0.2, 0.25) is 0 Å². The molecule has 12 heteroatoms. The number of rotatable bonds is 6. The van der Waals surface area contributed by atoms with Crippen molar-refractivity contribution in [3.8, 4) is 0 Å². The Labute approximate surface area is 162 Å². The minimum absolute atomic E-state index is 0.100. The van der Waals surface area contributed by atoms with E-state index in [1.165, 1.54) is 0 Å². The summed E-state index contributed by atoms with van der Waals surface area (Å²) < 4.78 is 4.32. The fourth-order valence-corrected chi connectivity index (χ4v) is 2.43. The third-order valence-corrected chi connectivity index (χ3v) is 3.86. The molecule has 146 valence electrons. The Kier molecular flexibility index (Phi) is 6.43. The first-order valence-electron chi connectivity index (χ1n) is 7.54. The summed E-state index contributed by atoms with van der Waals surface area (Å²) >= 11 is 4.85. The Bertz CT molecular complexity index is 887. The summed E-state index contributed by atoms with van der Waals surface area (Å²) in [5.41, 5.74) is -0.967. The predicted molar refractivity (Wildman–Crippen MR) is 93.9 cm³/mol. The van der Waals surface area contributed by atoms with Gasteiger partial charge in [-0.15, -0.1) is 0 Å². The Morgan fingerprint density at radius 2 is 1.89 bits per heavy atom. The fourth-order valence-electron chi connectivity index (χ4n) is 2.16. The van der Waals surface area contributed by atoms with E-state index in [-0.39, 0.29) is 16.4 Å². The lowest BCUT2D eigenvalue weighted by Crippen LogP contribution is -2.99. The number of carbonyl (C=O) groups excluding carboxylic acids is 5. The van der Waals surface area contributed by atoms with Crippen molar-refractivity contribution in [3.63, 3.8) is 0 Å². The van der Waals surface area contributed by atoms with E-state index >= 15 is 0 Å². The molecule has 1 aliphatic heterocycles. The Hall–Kier alpha value is -3.32. The van der Waals surface area contributed by atoms with Gasteiger partial charge in [-0.1, -0.05) is 0 Å². The van der Waals surface area contributed by atoms with Crippen LogP contribution in [0.3, 0.4) is 0 Å². The van der Waals surface area contributed by atoms with Crippen LogP contribution in [-0.2, 0) is 23.9 Å². The van der Waals surface area contributed by atoms with E-state index in [0.717, 1.165) is 37.6 Å². The maximum atomic E-state index is 12.7. The zero-order valence-corrected chi connectivity index (χ0v) is 15.1. The first-order valence-corrected chi connectivity index (χ1v) is 7.95. The lowest BCUT2D eigenvalue weighted by atomic mass is 10.00. The monoisotopic (exact) mass is 407 g/mol. The smallest absolute Gasteiger partial charge is 0.379 e. The first-order chi connectivity index (χ1) is 13.1. The molecule has 1 aliphatic rings. The highest BCUT2D eigenvalue weighted by atomic mass is 32.1. The number of carbonyl (C=O) groups is 5. The van der Waals surface area contributed by atoms with Gasteiger partial charge in [-0.25, -0.2) is 10.0 Å². The zero-order valence-electron chi connectivity index (χ0n) is 14.3. The highest BCUT2D eigenvalue weighted by molar-refractivity contribution is 7.80. The number of benzene rings is 1. The number of hydrogen-bond acceptors (Lipinski definition) is 9. The molecule has 2 amide bonds. The molecular formula is C16H13N3O8S. The Morgan fingerprint density at radius 3 is 2.39 bits per heavy atom. The number of thiocarbonyl (C=S) groups is 1. The van der Waals surface area contributed by atoms with E-state index in [1.54, 1.807) is 0 Å². The number of Topliss-reactive ketones (excluding diaryl/α,β-unsaturated/α-hetero) is 2. The van der Waals surface area contributed by atoms with Crippen LogP contribution in [0.5, 0.6) is 0 Å². The molecule has 28 heavy (non-hydrogen) atoms. The molecule has 11 nitrogen and oxygen atoms in total. The second-order valence-corrected chi connectivity index (χ2v) is 5.76. The van der Waals surface area contributed by atoms with Gasteiger partial charge in [0.1, 0.15) is 6.42 Å². The van der Waals surface area contributed by atoms with Crippen molar-refractivity contribution in [2.24, 2.45) is 0 Å². The van der Waals surface area contributed by atoms with Crippen molar-refractivity contribution in [1.82, 2.24) is 10.2 Å². The molecule has 2 rings (SSSR count). The molecule has 1 aromatic carbocycles. The minimum atomic E-state index is -1.36. The number of methoxy groups -OCH3 is 1. The summed E-state index contributed by atoms with van der Waals surface area (Å²) in [5.74, 6) is -5.14. The number of amides is 2. The standard InChI is InChI=1S/C16H13N3O8S/c1-27-15(24)14(23)10(7-18-12(21)6-11(20)17-16(18)28)13(22)8-2-4-9(5-3-8)19(25)26/h2-5,7,19,25H,6H2,1H3,(H,17,20,28)/b10-7+. The van der Waals surface area contributed by atoms with Gasteiger partial charge in [0.25, 0.3) is 5.78 Å². The Balaban J connectivity index is 2.47. The summed E-state index contributed by atoms with van der Waals surface area (Å²) in [6.07, 6.45) is 0.175. The van der Waals surface area contributed by atoms with Crippen LogP contribution >= 0.6 is 12.2 Å². The van der Waals surface area contributed by atoms with Crippen LogP contribution in [0, 0.1) is 5.21 Å². The van der Waals surface area contributed by atoms with Crippen molar-refractivity contribution in [2.75, 3.05) is 7.11 Å². The van der Waals surface area contributed by atoms with Crippen LogP contribution in [0.4, 0.5) is 5.69 Å². The van der Waals surface area contributed by atoms with Crippen LogP contribution < -0.4 is 10.5 Å². The lowest BCUT2D eigenvalue weighted by Gasteiger charge is -2.24. The van der Waals surface area contributed by atoms with Gasteiger partial charge in [-0.3, -0.25) is 24.1 Å².